The van der Waals surface area contributed by atoms with Crippen molar-refractivity contribution >= 4 is 10.0 Å². The third-order valence-electron chi connectivity index (χ3n) is 5.37. The molecule has 2 unspecified atom stereocenters. The highest BCUT2D eigenvalue weighted by Gasteiger charge is 2.58. The van der Waals surface area contributed by atoms with Crippen LogP contribution in [-0.4, -0.2) is 50.1 Å². The number of benzene rings is 1. The smallest absolute Gasteiger partial charge is 0.211 e. The molecule has 0 amide bonds. The number of likely N-dealkylation sites (tertiary alicyclic amines) is 1. The van der Waals surface area contributed by atoms with Crippen LogP contribution in [0.4, 0.5) is 0 Å². The molecule has 4 nitrogen and oxygen atoms in total. The Morgan fingerprint density at radius 2 is 1.52 bits per heavy atom. The fraction of sp³-hybridized carbons (Fsp3) is 0.625. The summed E-state index contributed by atoms with van der Waals surface area (Å²) in [5.74, 6) is 0. The van der Waals surface area contributed by atoms with Gasteiger partial charge in [-0.25, -0.2) is 12.7 Å². The van der Waals surface area contributed by atoms with Gasteiger partial charge in [-0.2, -0.15) is 0 Å². The molecule has 0 spiro atoms. The molecule has 0 radical (unpaired) electrons. The van der Waals surface area contributed by atoms with Gasteiger partial charge in [0.15, 0.2) is 0 Å². The van der Waals surface area contributed by atoms with E-state index < -0.39 is 10.0 Å². The summed E-state index contributed by atoms with van der Waals surface area (Å²) < 4.78 is 25.3. The predicted molar refractivity (Wildman–Crippen MR) is 84.3 cm³/mol. The van der Waals surface area contributed by atoms with Crippen molar-refractivity contribution in [3.63, 3.8) is 0 Å². The number of hydrogen-bond acceptors (Lipinski definition) is 3. The van der Waals surface area contributed by atoms with E-state index in [-0.39, 0.29) is 10.8 Å². The fourth-order valence-corrected chi connectivity index (χ4v) is 4.97. The van der Waals surface area contributed by atoms with Gasteiger partial charge in [-0.3, -0.25) is 4.90 Å². The number of hydrogen-bond donors (Lipinski definition) is 0. The lowest BCUT2D eigenvalue weighted by Crippen LogP contribution is -2.34. The van der Waals surface area contributed by atoms with E-state index in [9.17, 15) is 8.42 Å². The van der Waals surface area contributed by atoms with Gasteiger partial charge in [-0.05, 0) is 5.56 Å². The van der Waals surface area contributed by atoms with Crippen LogP contribution < -0.4 is 0 Å². The quantitative estimate of drug-likeness (QED) is 0.855. The third kappa shape index (κ3) is 2.62. The lowest BCUT2D eigenvalue weighted by Gasteiger charge is -2.30. The zero-order valence-corrected chi connectivity index (χ0v) is 13.9. The van der Waals surface area contributed by atoms with Crippen molar-refractivity contribution in [2.24, 2.45) is 10.8 Å². The summed E-state index contributed by atoms with van der Waals surface area (Å²) in [6, 6.07) is 10.5. The fourth-order valence-electron chi connectivity index (χ4n) is 3.93. The summed E-state index contributed by atoms with van der Waals surface area (Å²) in [5, 5.41) is 0. The van der Waals surface area contributed by atoms with Crippen molar-refractivity contribution < 1.29 is 8.42 Å². The van der Waals surface area contributed by atoms with Gasteiger partial charge in [0.25, 0.3) is 0 Å². The van der Waals surface area contributed by atoms with E-state index in [1.807, 2.05) is 6.07 Å². The first-order chi connectivity index (χ1) is 9.72. The topological polar surface area (TPSA) is 40.6 Å². The average molecular weight is 308 g/mol. The molecule has 2 aliphatic rings. The van der Waals surface area contributed by atoms with Gasteiger partial charge in [0.05, 0.1) is 6.26 Å². The highest BCUT2D eigenvalue weighted by atomic mass is 32.2. The Labute approximate surface area is 127 Å². The zero-order chi connectivity index (χ0) is 15.3. The maximum Gasteiger partial charge on any atom is 0.211 e. The van der Waals surface area contributed by atoms with Gasteiger partial charge in [0, 0.05) is 43.6 Å². The van der Waals surface area contributed by atoms with Crippen molar-refractivity contribution in [2.75, 3.05) is 32.4 Å². The van der Waals surface area contributed by atoms with Gasteiger partial charge >= 0.3 is 0 Å². The lowest BCUT2D eigenvalue weighted by molar-refractivity contribution is 0.212. The van der Waals surface area contributed by atoms with Crippen molar-refractivity contribution in [2.45, 2.75) is 20.4 Å². The first kappa shape index (κ1) is 15.0. The molecular weight excluding hydrogens is 284 g/mol. The minimum absolute atomic E-state index is 0.0465. The first-order valence-corrected chi connectivity index (χ1v) is 9.28. The summed E-state index contributed by atoms with van der Waals surface area (Å²) in [6.45, 7) is 8.65. The molecule has 2 atom stereocenters. The van der Waals surface area contributed by atoms with Crippen molar-refractivity contribution in [1.82, 2.24) is 9.21 Å². The van der Waals surface area contributed by atoms with Crippen LogP contribution in [0.15, 0.2) is 30.3 Å². The second-order valence-electron chi connectivity index (χ2n) is 7.28. The van der Waals surface area contributed by atoms with Crippen molar-refractivity contribution in [3.8, 4) is 0 Å². The van der Waals surface area contributed by atoms with Gasteiger partial charge < -0.3 is 0 Å². The number of fused-ring (bicyclic) bond motifs is 1. The maximum absolute atomic E-state index is 11.8. The summed E-state index contributed by atoms with van der Waals surface area (Å²) in [7, 11) is -3.08. The van der Waals surface area contributed by atoms with E-state index in [2.05, 4.69) is 43.0 Å². The van der Waals surface area contributed by atoms with Crippen LogP contribution >= 0.6 is 0 Å². The average Bonchev–Trinajstić information content (AvgIpc) is 2.74. The van der Waals surface area contributed by atoms with E-state index in [4.69, 9.17) is 0 Å². The standard InChI is InChI=1S/C16H24N2O2S/c1-15-10-17(9-14-7-5-4-6-8-14)11-16(15,2)13-18(12-15)21(3,19)20/h4-8H,9-13H2,1-3H3. The minimum atomic E-state index is -3.08. The molecule has 5 heteroatoms. The summed E-state index contributed by atoms with van der Waals surface area (Å²) >= 11 is 0. The Kier molecular flexibility index (Phi) is 3.43. The molecule has 0 aromatic heterocycles. The molecular formula is C16H24N2O2S. The molecule has 2 saturated heterocycles. The molecule has 3 rings (SSSR count). The maximum atomic E-state index is 11.8. The Bertz CT molecular complexity index is 611. The zero-order valence-electron chi connectivity index (χ0n) is 13.0. The second-order valence-corrected chi connectivity index (χ2v) is 9.27. The summed E-state index contributed by atoms with van der Waals surface area (Å²) in [5.41, 5.74) is 1.42. The summed E-state index contributed by atoms with van der Waals surface area (Å²) in [4.78, 5) is 2.47. The Balaban J connectivity index is 1.75. The van der Waals surface area contributed by atoms with Crippen LogP contribution in [0.1, 0.15) is 19.4 Å². The minimum Gasteiger partial charge on any atom is -0.298 e. The Morgan fingerprint density at radius 1 is 1.00 bits per heavy atom. The normalized spacial score (nSPS) is 34.2. The van der Waals surface area contributed by atoms with Gasteiger partial charge in [-0.1, -0.05) is 44.2 Å². The Morgan fingerprint density at radius 3 is 2.00 bits per heavy atom. The van der Waals surface area contributed by atoms with E-state index in [0.717, 1.165) is 19.6 Å². The number of nitrogens with zero attached hydrogens (tertiary/aromatic N) is 2. The molecule has 2 fully saturated rings. The van der Waals surface area contributed by atoms with Crippen molar-refractivity contribution in [1.29, 1.82) is 0 Å². The molecule has 0 saturated carbocycles. The highest BCUT2D eigenvalue weighted by molar-refractivity contribution is 7.88. The molecule has 2 aliphatic heterocycles. The first-order valence-electron chi connectivity index (χ1n) is 7.43. The summed E-state index contributed by atoms with van der Waals surface area (Å²) in [6.07, 6.45) is 1.32. The van der Waals surface area contributed by atoms with Crippen LogP contribution in [0.5, 0.6) is 0 Å². The van der Waals surface area contributed by atoms with Crippen LogP contribution in [0.3, 0.4) is 0 Å². The highest BCUT2D eigenvalue weighted by Crippen LogP contribution is 2.52. The molecule has 1 aromatic rings. The van der Waals surface area contributed by atoms with E-state index >= 15 is 0 Å². The lowest BCUT2D eigenvalue weighted by atomic mass is 9.71. The molecule has 21 heavy (non-hydrogen) atoms. The van der Waals surface area contributed by atoms with E-state index in [0.29, 0.717) is 13.1 Å². The second kappa shape index (κ2) is 4.80. The van der Waals surface area contributed by atoms with Gasteiger partial charge in [0.2, 0.25) is 10.0 Å². The van der Waals surface area contributed by atoms with Crippen LogP contribution in [-0.2, 0) is 16.6 Å². The third-order valence-corrected chi connectivity index (χ3v) is 6.57. The van der Waals surface area contributed by atoms with Crippen LogP contribution in [0, 0.1) is 10.8 Å². The largest absolute Gasteiger partial charge is 0.298 e. The van der Waals surface area contributed by atoms with Crippen molar-refractivity contribution in [3.05, 3.63) is 35.9 Å². The van der Waals surface area contributed by atoms with Crippen LogP contribution in [0.2, 0.25) is 0 Å². The van der Waals surface area contributed by atoms with E-state index in [1.165, 1.54) is 11.8 Å². The molecule has 0 aliphatic carbocycles. The predicted octanol–water partition coefficient (Wildman–Crippen LogP) is 1.79. The molecule has 0 N–H and O–H groups in total. The van der Waals surface area contributed by atoms with E-state index in [1.54, 1.807) is 4.31 Å². The SMILES string of the molecule is CC12CN(Cc3ccccc3)CC1(C)CN(S(C)(=O)=O)C2. The van der Waals surface area contributed by atoms with Crippen LogP contribution in [0.25, 0.3) is 0 Å². The van der Waals surface area contributed by atoms with Gasteiger partial charge in [0.1, 0.15) is 0 Å². The number of rotatable bonds is 3. The molecule has 2 heterocycles. The molecule has 0 bridgehead atoms. The number of sulfonamides is 1. The molecule has 116 valence electrons. The Hall–Kier alpha value is -0.910. The molecule has 1 aromatic carbocycles. The monoisotopic (exact) mass is 308 g/mol. The van der Waals surface area contributed by atoms with Gasteiger partial charge in [-0.15, -0.1) is 0 Å².